The number of nitrogens with zero attached hydrogens (tertiary/aromatic N) is 3. The Balaban J connectivity index is 2.17. The maximum atomic E-state index is 13.8. The molecule has 1 heterocycles. The lowest BCUT2D eigenvalue weighted by molar-refractivity contribution is -0.148. The summed E-state index contributed by atoms with van der Waals surface area (Å²) < 4.78 is 42.5. The fourth-order valence-corrected chi connectivity index (χ4v) is 3.59. The maximum absolute atomic E-state index is 13.8. The van der Waals surface area contributed by atoms with Crippen LogP contribution in [0.1, 0.15) is 22.5 Å². The average Bonchev–Trinajstić information content (AvgIpc) is 3.22. The Hall–Kier alpha value is -3.41. The van der Waals surface area contributed by atoms with Crippen molar-refractivity contribution in [3.8, 4) is 0 Å². The van der Waals surface area contributed by atoms with Gasteiger partial charge >= 0.3 is 6.18 Å². The van der Waals surface area contributed by atoms with Gasteiger partial charge in [0.05, 0.1) is 0 Å². The third-order valence-electron chi connectivity index (χ3n) is 4.69. The number of hydrogen-bond acceptors (Lipinski definition) is 2. The SMILES string of the molecule is FC(F)(F)c1ncnn1C(c1ccccc1)(c1ccccc1)c1ccccc1. The zero-order chi connectivity index (χ0) is 19.6. The molecule has 0 aliphatic carbocycles. The molecule has 0 saturated carbocycles. The van der Waals surface area contributed by atoms with Crippen LogP contribution in [-0.2, 0) is 11.7 Å². The van der Waals surface area contributed by atoms with Crippen molar-refractivity contribution in [1.29, 1.82) is 0 Å². The second kappa shape index (κ2) is 6.96. The van der Waals surface area contributed by atoms with Crippen molar-refractivity contribution >= 4 is 0 Å². The average molecular weight is 379 g/mol. The highest BCUT2D eigenvalue weighted by Crippen LogP contribution is 2.43. The molecule has 4 aromatic rings. The van der Waals surface area contributed by atoms with Crippen molar-refractivity contribution in [3.05, 3.63) is 120 Å². The minimum absolute atomic E-state index is 0.656. The molecule has 28 heavy (non-hydrogen) atoms. The Labute approximate surface area is 160 Å². The molecule has 0 atom stereocenters. The molecule has 0 unspecified atom stereocenters. The Morgan fingerprint density at radius 2 is 1.00 bits per heavy atom. The summed E-state index contributed by atoms with van der Waals surface area (Å²) in [5.41, 5.74) is 0.640. The van der Waals surface area contributed by atoms with Crippen LogP contribution in [0.3, 0.4) is 0 Å². The van der Waals surface area contributed by atoms with Gasteiger partial charge in [0.25, 0.3) is 0 Å². The van der Waals surface area contributed by atoms with E-state index in [2.05, 4.69) is 10.1 Å². The number of rotatable bonds is 4. The van der Waals surface area contributed by atoms with Gasteiger partial charge in [0.15, 0.2) is 0 Å². The minimum Gasteiger partial charge on any atom is -0.222 e. The van der Waals surface area contributed by atoms with E-state index in [0.717, 1.165) is 11.0 Å². The van der Waals surface area contributed by atoms with Gasteiger partial charge in [-0.3, -0.25) is 0 Å². The lowest BCUT2D eigenvalue weighted by Gasteiger charge is -2.37. The molecule has 0 fully saturated rings. The molecule has 6 heteroatoms. The molecule has 140 valence electrons. The van der Waals surface area contributed by atoms with Crippen LogP contribution < -0.4 is 0 Å². The van der Waals surface area contributed by atoms with Gasteiger partial charge in [-0.25, -0.2) is 9.67 Å². The Morgan fingerprint density at radius 1 is 0.607 bits per heavy atom. The molecule has 0 radical (unpaired) electrons. The standard InChI is InChI=1S/C22H16F3N3/c23-22(24,25)20-26-16-27-28(20)21(17-10-4-1-5-11-17,18-12-6-2-7-13-18)19-14-8-3-9-15-19/h1-16H. The molecule has 1 aromatic heterocycles. The molecular weight excluding hydrogens is 363 g/mol. The zero-order valence-electron chi connectivity index (χ0n) is 14.7. The molecule has 0 bridgehead atoms. The summed E-state index contributed by atoms with van der Waals surface area (Å²) in [7, 11) is 0. The van der Waals surface area contributed by atoms with E-state index in [1.54, 1.807) is 36.4 Å². The van der Waals surface area contributed by atoms with Crippen LogP contribution in [0.15, 0.2) is 97.3 Å². The second-order valence-electron chi connectivity index (χ2n) is 6.30. The second-order valence-corrected chi connectivity index (χ2v) is 6.30. The van der Waals surface area contributed by atoms with Crippen LogP contribution in [0.5, 0.6) is 0 Å². The first kappa shape index (κ1) is 18.0. The molecule has 0 spiro atoms. The van der Waals surface area contributed by atoms with Crippen LogP contribution in [0.2, 0.25) is 0 Å². The molecule has 0 N–H and O–H groups in total. The minimum atomic E-state index is -4.65. The van der Waals surface area contributed by atoms with Gasteiger partial charge in [0.2, 0.25) is 5.82 Å². The highest BCUT2D eigenvalue weighted by Gasteiger charge is 2.47. The number of aromatic nitrogens is 3. The van der Waals surface area contributed by atoms with E-state index in [1.807, 2.05) is 54.6 Å². The molecule has 0 saturated heterocycles. The smallest absolute Gasteiger partial charge is 0.222 e. The van der Waals surface area contributed by atoms with Crippen LogP contribution in [-0.4, -0.2) is 14.8 Å². The number of benzene rings is 3. The monoisotopic (exact) mass is 379 g/mol. The predicted octanol–water partition coefficient (Wildman–Crippen LogP) is 5.14. The topological polar surface area (TPSA) is 30.7 Å². The summed E-state index contributed by atoms with van der Waals surface area (Å²) in [5, 5.41) is 4.07. The zero-order valence-corrected chi connectivity index (χ0v) is 14.7. The van der Waals surface area contributed by atoms with Crippen molar-refractivity contribution < 1.29 is 13.2 Å². The van der Waals surface area contributed by atoms with Crippen molar-refractivity contribution in [2.75, 3.05) is 0 Å². The normalized spacial score (nSPS) is 12.1. The summed E-state index contributed by atoms with van der Waals surface area (Å²) in [5.74, 6) is -1.05. The fourth-order valence-electron chi connectivity index (χ4n) is 3.59. The van der Waals surface area contributed by atoms with Gasteiger partial charge in [0, 0.05) is 0 Å². The van der Waals surface area contributed by atoms with Crippen molar-refractivity contribution in [2.24, 2.45) is 0 Å². The molecular formula is C22H16F3N3. The molecule has 0 aliphatic heterocycles. The summed E-state index contributed by atoms with van der Waals surface area (Å²) in [4.78, 5) is 3.56. The third kappa shape index (κ3) is 2.87. The molecule has 3 nitrogen and oxygen atoms in total. The van der Waals surface area contributed by atoms with Gasteiger partial charge in [-0.1, -0.05) is 91.0 Å². The Kier molecular flexibility index (Phi) is 4.47. The van der Waals surface area contributed by atoms with Gasteiger partial charge in [-0.05, 0) is 16.7 Å². The van der Waals surface area contributed by atoms with Crippen LogP contribution >= 0.6 is 0 Å². The van der Waals surface area contributed by atoms with Crippen molar-refractivity contribution in [2.45, 2.75) is 11.7 Å². The fraction of sp³-hybridized carbons (Fsp3) is 0.0909. The maximum Gasteiger partial charge on any atom is 0.451 e. The van der Waals surface area contributed by atoms with Crippen LogP contribution in [0.4, 0.5) is 13.2 Å². The van der Waals surface area contributed by atoms with Gasteiger partial charge in [0.1, 0.15) is 11.9 Å². The first-order valence-corrected chi connectivity index (χ1v) is 8.69. The Bertz CT molecular complexity index is 946. The quantitative estimate of drug-likeness (QED) is 0.460. The first-order valence-electron chi connectivity index (χ1n) is 8.69. The third-order valence-corrected chi connectivity index (χ3v) is 4.69. The summed E-state index contributed by atoms with van der Waals surface area (Å²) in [6.07, 6.45) is -3.70. The van der Waals surface area contributed by atoms with E-state index < -0.39 is 17.5 Å². The largest absolute Gasteiger partial charge is 0.451 e. The van der Waals surface area contributed by atoms with Gasteiger partial charge in [-0.2, -0.15) is 18.3 Å². The van der Waals surface area contributed by atoms with E-state index in [1.165, 1.54) is 0 Å². The van der Waals surface area contributed by atoms with E-state index in [9.17, 15) is 13.2 Å². The molecule has 4 rings (SSSR count). The van der Waals surface area contributed by atoms with E-state index in [-0.39, 0.29) is 0 Å². The summed E-state index contributed by atoms with van der Waals surface area (Å²) >= 11 is 0. The van der Waals surface area contributed by atoms with E-state index in [0.29, 0.717) is 16.7 Å². The number of hydrogen-bond donors (Lipinski definition) is 0. The molecule has 0 amide bonds. The predicted molar refractivity (Wildman–Crippen MR) is 99.6 cm³/mol. The van der Waals surface area contributed by atoms with Crippen LogP contribution in [0, 0.1) is 0 Å². The first-order chi connectivity index (χ1) is 13.5. The lowest BCUT2D eigenvalue weighted by Crippen LogP contribution is -2.41. The highest BCUT2D eigenvalue weighted by atomic mass is 19.4. The number of alkyl halides is 3. The molecule has 0 aliphatic rings. The summed E-state index contributed by atoms with van der Waals surface area (Å²) in [6, 6.07) is 27.2. The molecule has 3 aromatic carbocycles. The van der Waals surface area contributed by atoms with Crippen LogP contribution in [0.25, 0.3) is 0 Å². The van der Waals surface area contributed by atoms with E-state index in [4.69, 9.17) is 0 Å². The number of halogens is 3. The van der Waals surface area contributed by atoms with Crippen molar-refractivity contribution in [1.82, 2.24) is 14.8 Å². The Morgan fingerprint density at radius 3 is 1.36 bits per heavy atom. The van der Waals surface area contributed by atoms with E-state index >= 15 is 0 Å². The van der Waals surface area contributed by atoms with Gasteiger partial charge in [-0.15, -0.1) is 0 Å². The lowest BCUT2D eigenvalue weighted by atomic mass is 9.77. The van der Waals surface area contributed by atoms with Crippen molar-refractivity contribution in [3.63, 3.8) is 0 Å². The summed E-state index contributed by atoms with van der Waals surface area (Å²) in [6.45, 7) is 0. The highest BCUT2D eigenvalue weighted by molar-refractivity contribution is 5.50. The van der Waals surface area contributed by atoms with Gasteiger partial charge < -0.3 is 0 Å².